The van der Waals surface area contributed by atoms with Crippen LogP contribution < -0.4 is 11.1 Å². The maximum atomic E-state index is 13.0. The van der Waals surface area contributed by atoms with Gasteiger partial charge in [0.15, 0.2) is 0 Å². The summed E-state index contributed by atoms with van der Waals surface area (Å²) >= 11 is 0. The van der Waals surface area contributed by atoms with Gasteiger partial charge >= 0.3 is 0 Å². The summed E-state index contributed by atoms with van der Waals surface area (Å²) < 4.78 is 0. The van der Waals surface area contributed by atoms with E-state index in [1.807, 2.05) is 24.3 Å². The Labute approximate surface area is 192 Å². The number of carbonyl (C=O) groups is 2. The van der Waals surface area contributed by atoms with E-state index < -0.39 is 0 Å². The van der Waals surface area contributed by atoms with Crippen LogP contribution in [0.1, 0.15) is 43.8 Å². The van der Waals surface area contributed by atoms with Crippen molar-refractivity contribution < 1.29 is 9.59 Å². The lowest BCUT2D eigenvalue weighted by atomic mass is 10.1. The lowest BCUT2D eigenvalue weighted by molar-refractivity contribution is 0.0742. The Hall–Kier alpha value is -4.46. The number of hydrogen-bond acceptors (Lipinski definition) is 5. The van der Waals surface area contributed by atoms with Gasteiger partial charge in [-0.3, -0.25) is 9.59 Å². The van der Waals surface area contributed by atoms with Crippen LogP contribution in [0.2, 0.25) is 0 Å². The first-order valence-corrected chi connectivity index (χ1v) is 10.4. The third kappa shape index (κ3) is 6.27. The van der Waals surface area contributed by atoms with E-state index in [1.165, 1.54) is 0 Å². The van der Waals surface area contributed by atoms with E-state index in [0.717, 1.165) is 5.56 Å². The number of nitrogens with zero attached hydrogens (tertiary/aromatic N) is 3. The second-order valence-electron chi connectivity index (χ2n) is 7.40. The molecule has 33 heavy (non-hydrogen) atoms. The van der Waals surface area contributed by atoms with Crippen molar-refractivity contribution in [2.45, 2.75) is 13.0 Å². The van der Waals surface area contributed by atoms with Crippen molar-refractivity contribution >= 4 is 17.5 Å². The molecule has 0 aromatic heterocycles. The van der Waals surface area contributed by atoms with Crippen LogP contribution in [-0.4, -0.2) is 29.8 Å². The predicted molar refractivity (Wildman–Crippen MR) is 125 cm³/mol. The summed E-state index contributed by atoms with van der Waals surface area (Å²) in [7, 11) is 0. The van der Waals surface area contributed by atoms with Crippen molar-refractivity contribution in [2.24, 2.45) is 5.73 Å². The first kappa shape index (κ1) is 23.2. The molecule has 164 valence electrons. The molecule has 3 N–H and O–H groups in total. The molecule has 0 radical (unpaired) electrons. The zero-order valence-corrected chi connectivity index (χ0v) is 18.0. The van der Waals surface area contributed by atoms with E-state index in [9.17, 15) is 9.59 Å². The van der Waals surface area contributed by atoms with Crippen molar-refractivity contribution in [3.05, 3.63) is 101 Å². The van der Waals surface area contributed by atoms with Crippen LogP contribution in [0.25, 0.3) is 0 Å². The molecule has 0 saturated heterocycles. The van der Waals surface area contributed by atoms with E-state index in [-0.39, 0.29) is 11.8 Å². The third-order valence-electron chi connectivity index (χ3n) is 5.04. The molecule has 3 rings (SSSR count). The Morgan fingerprint density at radius 1 is 0.818 bits per heavy atom. The molecule has 0 saturated carbocycles. The largest absolute Gasteiger partial charge is 0.334 e. The van der Waals surface area contributed by atoms with Gasteiger partial charge in [0.1, 0.15) is 0 Å². The molecular weight excluding hydrogens is 414 g/mol. The number of benzene rings is 3. The van der Waals surface area contributed by atoms with Crippen molar-refractivity contribution in [3.63, 3.8) is 0 Å². The van der Waals surface area contributed by atoms with Crippen LogP contribution in [0.5, 0.6) is 0 Å². The van der Waals surface area contributed by atoms with Gasteiger partial charge in [0.2, 0.25) is 0 Å². The average Bonchev–Trinajstić information content (AvgIpc) is 2.87. The zero-order valence-electron chi connectivity index (χ0n) is 18.0. The SMILES string of the molecule is N#Cc1ccc(C(=O)Nc2ccc(CN(CCCN)C(=O)c3ccc(C#N)cc3)cc2)cc1. The second-order valence-corrected chi connectivity index (χ2v) is 7.40. The van der Waals surface area contributed by atoms with E-state index >= 15 is 0 Å². The van der Waals surface area contributed by atoms with E-state index in [2.05, 4.69) is 5.32 Å². The zero-order chi connectivity index (χ0) is 23.6. The van der Waals surface area contributed by atoms with Crippen molar-refractivity contribution in [1.82, 2.24) is 4.90 Å². The van der Waals surface area contributed by atoms with E-state index in [1.54, 1.807) is 65.6 Å². The Morgan fingerprint density at radius 3 is 1.88 bits per heavy atom. The molecule has 0 aliphatic rings. The Balaban J connectivity index is 1.67. The second kappa shape index (κ2) is 11.2. The highest BCUT2D eigenvalue weighted by molar-refractivity contribution is 6.04. The molecule has 3 aromatic carbocycles. The first-order valence-electron chi connectivity index (χ1n) is 10.4. The van der Waals surface area contributed by atoms with Crippen molar-refractivity contribution in [3.8, 4) is 12.1 Å². The van der Waals surface area contributed by atoms with Crippen molar-refractivity contribution in [2.75, 3.05) is 18.4 Å². The van der Waals surface area contributed by atoms with Gasteiger partial charge < -0.3 is 16.0 Å². The monoisotopic (exact) mass is 437 g/mol. The van der Waals surface area contributed by atoms with E-state index in [0.29, 0.717) is 54.0 Å². The molecule has 3 aromatic rings. The molecule has 7 nitrogen and oxygen atoms in total. The van der Waals surface area contributed by atoms with Gasteiger partial charge in [-0.15, -0.1) is 0 Å². The number of nitrogens with one attached hydrogen (secondary N) is 1. The molecule has 0 atom stereocenters. The van der Waals surface area contributed by atoms with Gasteiger partial charge in [-0.05, 0) is 79.2 Å². The fraction of sp³-hybridized carbons (Fsp3) is 0.154. The maximum absolute atomic E-state index is 13.0. The van der Waals surface area contributed by atoms with Crippen LogP contribution in [-0.2, 0) is 6.54 Å². The number of amides is 2. The summed E-state index contributed by atoms with van der Waals surface area (Å²) in [5, 5.41) is 20.6. The molecule has 0 heterocycles. The minimum Gasteiger partial charge on any atom is -0.334 e. The predicted octanol–water partition coefficient (Wildman–Crippen LogP) is 3.67. The molecule has 0 unspecified atom stereocenters. The highest BCUT2D eigenvalue weighted by atomic mass is 16.2. The Bertz CT molecular complexity index is 1190. The number of hydrogen-bond donors (Lipinski definition) is 2. The molecule has 0 aliphatic carbocycles. The Morgan fingerprint density at radius 2 is 1.36 bits per heavy atom. The molecule has 0 aliphatic heterocycles. The number of anilines is 1. The molecule has 2 amide bonds. The van der Waals surface area contributed by atoms with Gasteiger partial charge in [-0.25, -0.2) is 0 Å². The van der Waals surface area contributed by atoms with Crippen LogP contribution in [0, 0.1) is 22.7 Å². The normalized spacial score (nSPS) is 10.0. The van der Waals surface area contributed by atoms with Gasteiger partial charge in [-0.2, -0.15) is 10.5 Å². The summed E-state index contributed by atoms with van der Waals surface area (Å²) in [5.41, 5.74) is 9.14. The number of rotatable bonds is 8. The fourth-order valence-electron chi connectivity index (χ4n) is 3.22. The number of carbonyl (C=O) groups excluding carboxylic acids is 2. The van der Waals surface area contributed by atoms with Gasteiger partial charge in [-0.1, -0.05) is 12.1 Å². The van der Waals surface area contributed by atoms with Crippen LogP contribution in [0.3, 0.4) is 0 Å². The van der Waals surface area contributed by atoms with Crippen molar-refractivity contribution in [1.29, 1.82) is 10.5 Å². The third-order valence-corrected chi connectivity index (χ3v) is 5.04. The molecule has 0 fully saturated rings. The summed E-state index contributed by atoms with van der Waals surface area (Å²) in [6.45, 7) is 1.37. The molecule has 7 heteroatoms. The topological polar surface area (TPSA) is 123 Å². The van der Waals surface area contributed by atoms with Crippen LogP contribution >= 0.6 is 0 Å². The van der Waals surface area contributed by atoms with Crippen LogP contribution in [0.4, 0.5) is 5.69 Å². The quantitative estimate of drug-likeness (QED) is 0.556. The van der Waals surface area contributed by atoms with Gasteiger partial charge in [0.25, 0.3) is 11.8 Å². The molecule has 0 bridgehead atoms. The summed E-state index contributed by atoms with van der Waals surface area (Å²) in [5.74, 6) is -0.404. The first-order chi connectivity index (χ1) is 16.0. The smallest absolute Gasteiger partial charge is 0.255 e. The highest BCUT2D eigenvalue weighted by Gasteiger charge is 2.16. The van der Waals surface area contributed by atoms with Crippen LogP contribution in [0.15, 0.2) is 72.8 Å². The Kier molecular flexibility index (Phi) is 7.91. The summed E-state index contributed by atoms with van der Waals surface area (Å²) in [6, 6.07) is 24.3. The maximum Gasteiger partial charge on any atom is 0.255 e. The molecule has 0 spiro atoms. The number of nitriles is 2. The minimum atomic E-state index is -0.271. The van der Waals surface area contributed by atoms with Gasteiger partial charge in [0.05, 0.1) is 23.3 Å². The standard InChI is InChI=1S/C26H23N5O2/c27-14-1-15-31(26(33)23-10-4-20(17-29)5-11-23)18-21-6-12-24(13-7-21)30-25(32)22-8-2-19(16-28)3-9-22/h2-13H,1,14-15,18,27H2,(H,30,32). The lowest BCUT2D eigenvalue weighted by Gasteiger charge is -2.23. The van der Waals surface area contributed by atoms with Gasteiger partial charge in [0, 0.05) is 29.9 Å². The summed E-state index contributed by atoms with van der Waals surface area (Å²) in [4.78, 5) is 27.1. The number of nitrogens with two attached hydrogens (primary N) is 1. The summed E-state index contributed by atoms with van der Waals surface area (Å²) in [6.07, 6.45) is 0.667. The van der Waals surface area contributed by atoms with E-state index in [4.69, 9.17) is 16.3 Å². The highest BCUT2D eigenvalue weighted by Crippen LogP contribution is 2.16. The average molecular weight is 438 g/mol. The molecular formula is C26H23N5O2. The minimum absolute atomic E-state index is 0.133. The lowest BCUT2D eigenvalue weighted by Crippen LogP contribution is -2.32. The fourth-order valence-corrected chi connectivity index (χ4v) is 3.22.